The van der Waals surface area contributed by atoms with Gasteiger partial charge < -0.3 is 10.1 Å². The molecule has 1 aromatic heterocycles. The van der Waals surface area contributed by atoms with Crippen LogP contribution in [0.3, 0.4) is 0 Å². The SMILES string of the molecule is COCCn1cc2c(n1)[C@@H](NC(=O)c1ccccc1Cl)CCC2. The molecule has 3 rings (SSSR count). The predicted molar refractivity (Wildman–Crippen MR) is 88.7 cm³/mol. The molecule has 0 fully saturated rings. The van der Waals surface area contributed by atoms with Gasteiger partial charge >= 0.3 is 0 Å². The molecule has 122 valence electrons. The first-order chi connectivity index (χ1) is 11.2. The van der Waals surface area contributed by atoms with Gasteiger partial charge in [-0.2, -0.15) is 5.10 Å². The number of nitrogens with one attached hydrogen (secondary N) is 1. The molecule has 1 aliphatic carbocycles. The van der Waals surface area contributed by atoms with Crippen molar-refractivity contribution in [1.82, 2.24) is 15.1 Å². The Morgan fingerprint density at radius 2 is 2.30 bits per heavy atom. The van der Waals surface area contributed by atoms with Crippen LogP contribution in [0.4, 0.5) is 0 Å². The monoisotopic (exact) mass is 333 g/mol. The molecule has 1 aliphatic rings. The molecule has 23 heavy (non-hydrogen) atoms. The Morgan fingerprint density at radius 1 is 1.48 bits per heavy atom. The first-order valence-corrected chi connectivity index (χ1v) is 8.17. The minimum Gasteiger partial charge on any atom is -0.383 e. The number of aryl methyl sites for hydroxylation is 1. The number of benzene rings is 1. The molecule has 1 amide bonds. The molecule has 0 saturated heterocycles. The lowest BCUT2D eigenvalue weighted by Crippen LogP contribution is -2.31. The number of fused-ring (bicyclic) bond motifs is 1. The van der Waals surface area contributed by atoms with E-state index in [2.05, 4.69) is 16.6 Å². The molecule has 1 heterocycles. The molecule has 2 aromatic rings. The Bertz CT molecular complexity index is 699. The van der Waals surface area contributed by atoms with Crippen molar-refractivity contribution in [1.29, 1.82) is 0 Å². The van der Waals surface area contributed by atoms with Crippen LogP contribution in [-0.2, 0) is 17.7 Å². The highest BCUT2D eigenvalue weighted by molar-refractivity contribution is 6.33. The van der Waals surface area contributed by atoms with Crippen LogP contribution in [0.2, 0.25) is 5.02 Å². The number of ether oxygens (including phenoxy) is 1. The fourth-order valence-electron chi connectivity index (χ4n) is 2.92. The summed E-state index contributed by atoms with van der Waals surface area (Å²) < 4.78 is 6.99. The molecule has 0 aliphatic heterocycles. The Labute approximate surface area is 140 Å². The van der Waals surface area contributed by atoms with Gasteiger partial charge in [-0.05, 0) is 37.0 Å². The zero-order valence-corrected chi connectivity index (χ0v) is 13.8. The van der Waals surface area contributed by atoms with Crippen molar-refractivity contribution < 1.29 is 9.53 Å². The average molecular weight is 334 g/mol. The highest BCUT2D eigenvalue weighted by atomic mass is 35.5. The van der Waals surface area contributed by atoms with Crippen molar-refractivity contribution in [2.45, 2.75) is 31.8 Å². The number of carbonyl (C=O) groups excluding carboxylic acids is 1. The summed E-state index contributed by atoms with van der Waals surface area (Å²) in [6.45, 7) is 1.34. The lowest BCUT2D eigenvalue weighted by molar-refractivity contribution is 0.0931. The van der Waals surface area contributed by atoms with Crippen LogP contribution in [0.15, 0.2) is 30.5 Å². The number of methoxy groups -OCH3 is 1. The van der Waals surface area contributed by atoms with Gasteiger partial charge in [-0.1, -0.05) is 23.7 Å². The van der Waals surface area contributed by atoms with Gasteiger partial charge in [0.05, 0.1) is 35.5 Å². The zero-order valence-electron chi connectivity index (χ0n) is 13.1. The molecule has 0 radical (unpaired) electrons. The summed E-state index contributed by atoms with van der Waals surface area (Å²) in [7, 11) is 1.68. The van der Waals surface area contributed by atoms with Gasteiger partial charge in [-0.25, -0.2) is 0 Å². The summed E-state index contributed by atoms with van der Waals surface area (Å²) in [5.74, 6) is -0.153. The maximum Gasteiger partial charge on any atom is 0.253 e. The van der Waals surface area contributed by atoms with Crippen LogP contribution >= 0.6 is 11.6 Å². The van der Waals surface area contributed by atoms with Gasteiger partial charge in [0.2, 0.25) is 0 Å². The summed E-state index contributed by atoms with van der Waals surface area (Å²) in [5.41, 5.74) is 2.67. The number of hydrogen-bond donors (Lipinski definition) is 1. The van der Waals surface area contributed by atoms with E-state index in [1.54, 1.807) is 19.2 Å². The maximum absolute atomic E-state index is 12.5. The average Bonchev–Trinajstić information content (AvgIpc) is 2.97. The molecular weight excluding hydrogens is 314 g/mol. The van der Waals surface area contributed by atoms with Crippen molar-refractivity contribution in [2.24, 2.45) is 0 Å². The number of hydrogen-bond acceptors (Lipinski definition) is 3. The normalized spacial score (nSPS) is 16.9. The largest absolute Gasteiger partial charge is 0.383 e. The van der Waals surface area contributed by atoms with Crippen molar-refractivity contribution in [3.05, 3.63) is 52.3 Å². The lowest BCUT2D eigenvalue weighted by atomic mass is 9.93. The second-order valence-corrected chi connectivity index (χ2v) is 6.10. The Kier molecular flexibility index (Phi) is 4.98. The van der Waals surface area contributed by atoms with E-state index in [1.807, 2.05) is 16.8 Å². The predicted octanol–water partition coefficient (Wildman–Crippen LogP) is 2.99. The molecule has 1 atom stereocenters. The number of nitrogens with zero attached hydrogens (tertiary/aromatic N) is 2. The summed E-state index contributed by atoms with van der Waals surface area (Å²) in [5, 5.41) is 8.16. The van der Waals surface area contributed by atoms with Gasteiger partial charge in [-0.15, -0.1) is 0 Å². The molecular formula is C17H20ClN3O2. The van der Waals surface area contributed by atoms with E-state index >= 15 is 0 Å². The Balaban J connectivity index is 1.76. The highest BCUT2D eigenvalue weighted by Gasteiger charge is 2.26. The fraction of sp³-hybridized carbons (Fsp3) is 0.412. The van der Waals surface area contributed by atoms with E-state index in [9.17, 15) is 4.79 Å². The summed E-state index contributed by atoms with van der Waals surface area (Å²) in [4.78, 5) is 12.5. The Morgan fingerprint density at radius 3 is 3.09 bits per heavy atom. The standard InChI is InChI=1S/C17H20ClN3O2/c1-23-10-9-21-11-12-5-4-8-15(16(12)20-21)19-17(22)13-6-2-3-7-14(13)18/h2-3,6-7,11,15H,4-5,8-10H2,1H3,(H,19,22)/t15-/m0/s1. The second kappa shape index (κ2) is 7.15. The van der Waals surface area contributed by atoms with Gasteiger partial charge in [0, 0.05) is 13.3 Å². The summed E-state index contributed by atoms with van der Waals surface area (Å²) in [6.07, 6.45) is 4.99. The third-order valence-electron chi connectivity index (χ3n) is 4.09. The van der Waals surface area contributed by atoms with E-state index in [0.29, 0.717) is 23.7 Å². The number of rotatable bonds is 5. The molecule has 5 nitrogen and oxygen atoms in total. The third kappa shape index (κ3) is 3.57. The molecule has 0 unspecified atom stereocenters. The van der Waals surface area contributed by atoms with Gasteiger partial charge in [-0.3, -0.25) is 9.48 Å². The van der Waals surface area contributed by atoms with Crippen molar-refractivity contribution in [3.8, 4) is 0 Å². The number of halogens is 1. The number of aromatic nitrogens is 2. The summed E-state index contributed by atoms with van der Waals surface area (Å²) >= 11 is 6.10. The molecule has 1 N–H and O–H groups in total. The Hall–Kier alpha value is -1.85. The quantitative estimate of drug-likeness (QED) is 0.915. The van der Waals surface area contributed by atoms with Gasteiger partial charge in [0.15, 0.2) is 0 Å². The van der Waals surface area contributed by atoms with E-state index in [4.69, 9.17) is 16.3 Å². The molecule has 0 spiro atoms. The zero-order chi connectivity index (χ0) is 16.2. The van der Waals surface area contributed by atoms with Crippen LogP contribution in [0.1, 0.15) is 40.5 Å². The van der Waals surface area contributed by atoms with Crippen molar-refractivity contribution in [3.63, 3.8) is 0 Å². The third-order valence-corrected chi connectivity index (χ3v) is 4.42. The van der Waals surface area contributed by atoms with Crippen LogP contribution in [0.5, 0.6) is 0 Å². The lowest BCUT2D eigenvalue weighted by Gasteiger charge is -2.22. The van der Waals surface area contributed by atoms with Crippen molar-refractivity contribution >= 4 is 17.5 Å². The topological polar surface area (TPSA) is 56.1 Å². The molecule has 6 heteroatoms. The first-order valence-electron chi connectivity index (χ1n) is 7.79. The smallest absolute Gasteiger partial charge is 0.253 e. The van der Waals surface area contributed by atoms with Gasteiger partial charge in [0.1, 0.15) is 0 Å². The minimum atomic E-state index is -0.153. The number of carbonyl (C=O) groups is 1. The van der Waals surface area contributed by atoms with Crippen LogP contribution < -0.4 is 5.32 Å². The molecule has 0 saturated carbocycles. The van der Waals surface area contributed by atoms with E-state index in [-0.39, 0.29) is 11.9 Å². The van der Waals surface area contributed by atoms with Crippen LogP contribution in [0.25, 0.3) is 0 Å². The molecule has 1 aromatic carbocycles. The summed E-state index contributed by atoms with van der Waals surface area (Å²) in [6, 6.07) is 7.02. The van der Waals surface area contributed by atoms with E-state index in [1.165, 1.54) is 5.56 Å². The van der Waals surface area contributed by atoms with E-state index < -0.39 is 0 Å². The van der Waals surface area contributed by atoms with Crippen LogP contribution in [0, 0.1) is 0 Å². The van der Waals surface area contributed by atoms with Crippen molar-refractivity contribution in [2.75, 3.05) is 13.7 Å². The number of amides is 1. The van der Waals surface area contributed by atoms with E-state index in [0.717, 1.165) is 25.0 Å². The van der Waals surface area contributed by atoms with Gasteiger partial charge in [0.25, 0.3) is 5.91 Å². The first kappa shape index (κ1) is 16.0. The maximum atomic E-state index is 12.5. The molecule has 0 bridgehead atoms. The van der Waals surface area contributed by atoms with Crippen LogP contribution in [-0.4, -0.2) is 29.4 Å². The fourth-order valence-corrected chi connectivity index (χ4v) is 3.14. The highest BCUT2D eigenvalue weighted by Crippen LogP contribution is 2.29. The second-order valence-electron chi connectivity index (χ2n) is 5.69. The minimum absolute atomic E-state index is 0.0636.